The molecule has 2 aromatic rings. The van der Waals surface area contributed by atoms with E-state index in [1.807, 2.05) is 45.2 Å². The number of nitrogens with one attached hydrogen (secondary N) is 2. The largest absolute Gasteiger partial charge is 0.506 e. The van der Waals surface area contributed by atoms with Crippen LogP contribution in [0.2, 0.25) is 0 Å². The van der Waals surface area contributed by atoms with Crippen molar-refractivity contribution in [2.24, 2.45) is 10.2 Å². The first-order chi connectivity index (χ1) is 12.3. The number of benzene rings is 2. The van der Waals surface area contributed by atoms with Crippen LogP contribution in [0, 0.1) is 7.14 Å². The van der Waals surface area contributed by atoms with E-state index < -0.39 is 6.03 Å². The van der Waals surface area contributed by atoms with E-state index in [0.29, 0.717) is 18.3 Å². The topological polar surface area (TPSA) is 106 Å². The molecule has 7 nitrogen and oxygen atoms in total. The molecule has 0 aliphatic carbocycles. The zero-order valence-corrected chi connectivity index (χ0v) is 20.2. The molecule has 0 bridgehead atoms. The van der Waals surface area contributed by atoms with E-state index in [0.717, 1.165) is 8.95 Å². The second kappa shape index (κ2) is 9.85. The van der Waals surface area contributed by atoms with Gasteiger partial charge in [-0.2, -0.15) is 10.2 Å². The predicted molar refractivity (Wildman–Crippen MR) is 124 cm³/mol. The van der Waals surface area contributed by atoms with Crippen molar-refractivity contribution in [1.29, 1.82) is 0 Å². The molecule has 0 aromatic heterocycles. The minimum absolute atomic E-state index is 0.0671. The molecular formula is C15H10Br2I2N4O3. The number of phenolic OH excluding ortho intramolecular Hbond substituents is 2. The van der Waals surface area contributed by atoms with E-state index >= 15 is 0 Å². The highest BCUT2D eigenvalue weighted by atomic mass is 127. The fraction of sp³-hybridized carbons (Fsp3) is 0. The maximum absolute atomic E-state index is 11.7. The molecule has 26 heavy (non-hydrogen) atoms. The molecule has 0 heterocycles. The predicted octanol–water partition coefficient (Wildman–Crippen LogP) is 4.50. The van der Waals surface area contributed by atoms with Crippen LogP contribution in [0.3, 0.4) is 0 Å². The van der Waals surface area contributed by atoms with E-state index in [1.165, 1.54) is 12.4 Å². The van der Waals surface area contributed by atoms with Crippen molar-refractivity contribution in [2.45, 2.75) is 0 Å². The lowest BCUT2D eigenvalue weighted by Gasteiger charge is -2.04. The number of amides is 2. The van der Waals surface area contributed by atoms with Gasteiger partial charge in [0.05, 0.1) is 19.6 Å². The number of hydrogen-bond acceptors (Lipinski definition) is 5. The van der Waals surface area contributed by atoms with Crippen LogP contribution in [-0.2, 0) is 0 Å². The van der Waals surface area contributed by atoms with E-state index in [1.54, 1.807) is 24.3 Å². The number of phenols is 2. The van der Waals surface area contributed by atoms with Crippen molar-refractivity contribution in [1.82, 2.24) is 10.9 Å². The summed E-state index contributed by atoms with van der Waals surface area (Å²) in [5.41, 5.74) is 5.34. The summed E-state index contributed by atoms with van der Waals surface area (Å²) in [6, 6.07) is 6.15. The van der Waals surface area contributed by atoms with Crippen molar-refractivity contribution in [2.75, 3.05) is 0 Å². The Labute approximate surface area is 192 Å². The van der Waals surface area contributed by atoms with E-state index in [4.69, 9.17) is 0 Å². The summed E-state index contributed by atoms with van der Waals surface area (Å²) in [7, 11) is 0. The summed E-state index contributed by atoms with van der Waals surface area (Å²) < 4.78 is 2.85. The SMILES string of the molecule is O=C(NN=Cc1cc(Br)cc(I)c1O)N/N=C/c1cc(Br)cc(I)c1O. The molecule has 0 saturated carbocycles. The van der Waals surface area contributed by atoms with Crippen LogP contribution >= 0.6 is 77.0 Å². The molecule has 0 spiro atoms. The molecule has 2 rings (SSSR count). The number of urea groups is 1. The Morgan fingerprint density at radius 1 is 0.885 bits per heavy atom. The van der Waals surface area contributed by atoms with Crippen LogP contribution in [0.15, 0.2) is 43.4 Å². The van der Waals surface area contributed by atoms with Gasteiger partial charge in [0.2, 0.25) is 0 Å². The lowest BCUT2D eigenvalue weighted by molar-refractivity contribution is 0.242. The second-order valence-electron chi connectivity index (χ2n) is 4.72. The van der Waals surface area contributed by atoms with Gasteiger partial charge in [-0.3, -0.25) is 0 Å². The van der Waals surface area contributed by atoms with E-state index in [2.05, 4.69) is 52.9 Å². The van der Waals surface area contributed by atoms with Crippen LogP contribution in [0.1, 0.15) is 11.1 Å². The van der Waals surface area contributed by atoms with Gasteiger partial charge in [0.15, 0.2) is 0 Å². The van der Waals surface area contributed by atoms with Gasteiger partial charge in [0.1, 0.15) is 11.5 Å². The Kier molecular flexibility index (Phi) is 8.09. The van der Waals surface area contributed by atoms with Gasteiger partial charge < -0.3 is 10.2 Å². The fourth-order valence-electron chi connectivity index (χ4n) is 1.71. The highest BCUT2D eigenvalue weighted by Gasteiger charge is 2.06. The van der Waals surface area contributed by atoms with Gasteiger partial charge in [0.25, 0.3) is 0 Å². The van der Waals surface area contributed by atoms with Crippen LogP contribution in [0.4, 0.5) is 4.79 Å². The molecule has 4 N–H and O–H groups in total. The van der Waals surface area contributed by atoms with Crippen molar-refractivity contribution < 1.29 is 15.0 Å². The van der Waals surface area contributed by atoms with Gasteiger partial charge in [-0.05, 0) is 69.4 Å². The maximum Gasteiger partial charge on any atom is 0.355 e. The highest BCUT2D eigenvalue weighted by Crippen LogP contribution is 2.28. The minimum atomic E-state index is -0.675. The zero-order chi connectivity index (χ0) is 19.3. The Balaban J connectivity index is 1.96. The lowest BCUT2D eigenvalue weighted by Crippen LogP contribution is -2.28. The second-order valence-corrected chi connectivity index (χ2v) is 8.88. The van der Waals surface area contributed by atoms with E-state index in [-0.39, 0.29) is 11.5 Å². The summed E-state index contributed by atoms with van der Waals surface area (Å²) in [5, 5.41) is 27.4. The molecule has 0 unspecified atom stereocenters. The van der Waals surface area contributed by atoms with Crippen molar-refractivity contribution in [3.05, 3.63) is 51.5 Å². The molecule has 0 radical (unpaired) electrons. The average Bonchev–Trinajstić information content (AvgIpc) is 2.56. The quantitative estimate of drug-likeness (QED) is 0.214. The number of aromatic hydroxyl groups is 2. The zero-order valence-electron chi connectivity index (χ0n) is 12.7. The Bertz CT molecular complexity index is 835. The van der Waals surface area contributed by atoms with Crippen LogP contribution < -0.4 is 10.9 Å². The van der Waals surface area contributed by atoms with Crippen LogP contribution in [-0.4, -0.2) is 28.7 Å². The number of hydrazone groups is 2. The maximum atomic E-state index is 11.7. The smallest absolute Gasteiger partial charge is 0.355 e. The summed E-state index contributed by atoms with van der Waals surface area (Å²) in [5.74, 6) is 0.134. The average molecular weight is 708 g/mol. The number of rotatable bonds is 4. The van der Waals surface area contributed by atoms with Crippen molar-refractivity contribution >= 4 is 95.5 Å². The molecule has 0 aliphatic heterocycles. The number of carbonyl (C=O) groups excluding carboxylic acids is 1. The third-order valence-electron chi connectivity index (χ3n) is 2.85. The number of hydrogen-bond donors (Lipinski definition) is 4. The molecule has 136 valence electrons. The van der Waals surface area contributed by atoms with Crippen molar-refractivity contribution in [3.63, 3.8) is 0 Å². The molecule has 0 saturated heterocycles. The molecule has 2 amide bonds. The summed E-state index contributed by atoms with van der Waals surface area (Å²) in [6.07, 6.45) is 2.63. The molecular weight excluding hydrogens is 698 g/mol. The first-order valence-electron chi connectivity index (χ1n) is 6.76. The molecule has 0 fully saturated rings. The van der Waals surface area contributed by atoms with Crippen molar-refractivity contribution in [3.8, 4) is 11.5 Å². The van der Waals surface area contributed by atoms with Gasteiger partial charge in [-0.15, -0.1) is 0 Å². The fourth-order valence-corrected chi connectivity index (χ4v) is 4.82. The van der Waals surface area contributed by atoms with Gasteiger partial charge >= 0.3 is 6.03 Å². The van der Waals surface area contributed by atoms with Crippen LogP contribution in [0.25, 0.3) is 0 Å². The van der Waals surface area contributed by atoms with Crippen LogP contribution in [0.5, 0.6) is 11.5 Å². The molecule has 2 aromatic carbocycles. The highest BCUT2D eigenvalue weighted by molar-refractivity contribution is 14.1. The molecule has 0 atom stereocenters. The summed E-state index contributed by atoms with van der Waals surface area (Å²) >= 11 is 10.6. The van der Waals surface area contributed by atoms with Gasteiger partial charge in [-0.1, -0.05) is 31.9 Å². The lowest BCUT2D eigenvalue weighted by atomic mass is 10.2. The first-order valence-corrected chi connectivity index (χ1v) is 10.5. The van der Waals surface area contributed by atoms with E-state index in [9.17, 15) is 15.0 Å². The number of halogens is 4. The molecule has 11 heteroatoms. The number of carbonyl (C=O) groups is 1. The Morgan fingerprint density at radius 2 is 1.27 bits per heavy atom. The minimum Gasteiger partial charge on any atom is -0.506 e. The molecule has 0 aliphatic rings. The Hall–Kier alpha value is -0.930. The first kappa shape index (κ1) is 21.4. The normalized spacial score (nSPS) is 11.2. The van der Waals surface area contributed by atoms with Gasteiger partial charge in [-0.25, -0.2) is 15.6 Å². The number of nitrogens with zero attached hydrogens (tertiary/aromatic N) is 2. The summed E-state index contributed by atoms with van der Waals surface area (Å²) in [4.78, 5) is 11.7. The third-order valence-corrected chi connectivity index (χ3v) is 5.42. The third kappa shape index (κ3) is 6.06. The monoisotopic (exact) mass is 706 g/mol. The Morgan fingerprint density at radius 3 is 1.65 bits per heavy atom. The summed E-state index contributed by atoms with van der Waals surface area (Å²) in [6.45, 7) is 0. The standard InChI is InChI=1S/C15H10Br2I2N4O3/c16-9-1-7(13(24)11(18)3-9)5-20-22-15(26)23-21-6-8-2-10(17)4-12(19)14(8)25/h1-6,24-25H,(H2,22,23,26)/b20-5+,21-6?. The van der Waals surface area contributed by atoms with Gasteiger partial charge in [0, 0.05) is 20.1 Å².